The van der Waals surface area contributed by atoms with E-state index < -0.39 is 0 Å². The average Bonchev–Trinajstić information content (AvgIpc) is 3.04. The van der Waals surface area contributed by atoms with Gasteiger partial charge in [-0.15, -0.1) is 0 Å². The summed E-state index contributed by atoms with van der Waals surface area (Å²) in [5.41, 5.74) is 4.84. The predicted octanol–water partition coefficient (Wildman–Crippen LogP) is 4.62. The van der Waals surface area contributed by atoms with Crippen LogP contribution in [0, 0.1) is 0 Å². The highest BCUT2D eigenvalue weighted by atomic mass is 35.5. The zero-order chi connectivity index (χ0) is 16.4. The van der Waals surface area contributed by atoms with Gasteiger partial charge in [-0.3, -0.25) is 0 Å². The van der Waals surface area contributed by atoms with Gasteiger partial charge in [0.2, 0.25) is 0 Å². The van der Waals surface area contributed by atoms with Crippen molar-refractivity contribution in [2.45, 2.75) is 12.8 Å². The summed E-state index contributed by atoms with van der Waals surface area (Å²) in [5, 5.41) is 0.768. The molecule has 0 radical (unpaired) electrons. The molecule has 0 saturated heterocycles. The minimum atomic E-state index is 0.615. The van der Waals surface area contributed by atoms with Gasteiger partial charge in [0.05, 0.1) is 0 Å². The average molecular weight is 340 g/mol. The molecular formula is C20H18ClNO2. The molecule has 0 unspecified atom stereocenters. The van der Waals surface area contributed by atoms with Crippen LogP contribution < -0.4 is 9.47 Å². The van der Waals surface area contributed by atoms with E-state index in [1.54, 1.807) is 0 Å². The summed E-state index contributed by atoms with van der Waals surface area (Å²) in [6.07, 6.45) is 1.72. The van der Waals surface area contributed by atoms with E-state index in [4.69, 9.17) is 21.1 Å². The third kappa shape index (κ3) is 3.41. The van der Waals surface area contributed by atoms with Crippen LogP contribution in [0.1, 0.15) is 22.5 Å². The van der Waals surface area contributed by atoms with Gasteiger partial charge in [-0.2, -0.15) is 0 Å². The number of H-pyrrole nitrogens is 1. The highest BCUT2D eigenvalue weighted by molar-refractivity contribution is 6.30. The number of aromatic nitrogens is 1. The standard InChI is InChI=1S/C20H18ClNO2/c21-16-4-1-14(2-5-16)11-17-6-7-18(22-17)12-15-3-8-19-20(13-15)24-10-9-23-19/h1-8,13,22H,9-12H2. The smallest absolute Gasteiger partial charge is 0.161 e. The lowest BCUT2D eigenvalue weighted by molar-refractivity contribution is 0.171. The first-order valence-electron chi connectivity index (χ1n) is 8.06. The van der Waals surface area contributed by atoms with Crippen LogP contribution in [0.25, 0.3) is 0 Å². The number of hydrogen-bond donors (Lipinski definition) is 1. The van der Waals surface area contributed by atoms with Crippen molar-refractivity contribution in [2.24, 2.45) is 0 Å². The number of fused-ring (bicyclic) bond motifs is 1. The van der Waals surface area contributed by atoms with E-state index >= 15 is 0 Å². The Bertz CT molecular complexity index is 839. The first kappa shape index (κ1) is 15.2. The predicted molar refractivity (Wildman–Crippen MR) is 95.3 cm³/mol. The fourth-order valence-corrected chi connectivity index (χ4v) is 3.06. The minimum Gasteiger partial charge on any atom is -0.486 e. The number of benzene rings is 2. The van der Waals surface area contributed by atoms with E-state index in [2.05, 4.69) is 41.4 Å². The van der Waals surface area contributed by atoms with Crippen LogP contribution >= 0.6 is 11.6 Å². The number of rotatable bonds is 4. The molecule has 3 nitrogen and oxygen atoms in total. The van der Waals surface area contributed by atoms with Crippen LogP contribution in [0.15, 0.2) is 54.6 Å². The van der Waals surface area contributed by atoms with Gasteiger partial charge in [-0.25, -0.2) is 0 Å². The molecule has 1 aliphatic rings. The molecule has 4 heteroatoms. The zero-order valence-corrected chi connectivity index (χ0v) is 14.0. The van der Waals surface area contributed by atoms with Crippen molar-refractivity contribution in [1.82, 2.24) is 4.98 Å². The van der Waals surface area contributed by atoms with E-state index in [1.807, 2.05) is 18.2 Å². The van der Waals surface area contributed by atoms with Crippen LogP contribution in [0.2, 0.25) is 5.02 Å². The number of hydrogen-bond acceptors (Lipinski definition) is 2. The Balaban J connectivity index is 1.46. The summed E-state index contributed by atoms with van der Waals surface area (Å²) in [4.78, 5) is 3.50. The molecule has 0 fully saturated rings. The molecule has 0 bridgehead atoms. The Hall–Kier alpha value is -2.39. The Morgan fingerprint density at radius 1 is 0.750 bits per heavy atom. The highest BCUT2D eigenvalue weighted by Gasteiger charge is 2.12. The maximum Gasteiger partial charge on any atom is 0.161 e. The highest BCUT2D eigenvalue weighted by Crippen LogP contribution is 2.31. The second-order valence-corrected chi connectivity index (χ2v) is 6.40. The van der Waals surface area contributed by atoms with Gasteiger partial charge in [0.1, 0.15) is 13.2 Å². The van der Waals surface area contributed by atoms with Gasteiger partial charge >= 0.3 is 0 Å². The van der Waals surface area contributed by atoms with Crippen LogP contribution in [0.3, 0.4) is 0 Å². The number of nitrogens with one attached hydrogen (secondary N) is 1. The molecule has 4 rings (SSSR count). The van der Waals surface area contributed by atoms with E-state index in [9.17, 15) is 0 Å². The quantitative estimate of drug-likeness (QED) is 0.752. The molecule has 122 valence electrons. The molecular weight excluding hydrogens is 322 g/mol. The summed E-state index contributed by atoms with van der Waals surface area (Å²) in [5.74, 6) is 1.67. The lowest BCUT2D eigenvalue weighted by Gasteiger charge is -2.18. The second kappa shape index (κ2) is 6.62. The molecule has 0 aliphatic carbocycles. The van der Waals surface area contributed by atoms with Crippen LogP contribution in [0.4, 0.5) is 0 Å². The van der Waals surface area contributed by atoms with Crippen molar-refractivity contribution in [3.63, 3.8) is 0 Å². The summed E-state index contributed by atoms with van der Waals surface area (Å²) < 4.78 is 11.2. The maximum absolute atomic E-state index is 5.93. The molecule has 1 N–H and O–H groups in total. The topological polar surface area (TPSA) is 34.2 Å². The third-order valence-electron chi connectivity index (χ3n) is 4.12. The molecule has 0 atom stereocenters. The molecule has 24 heavy (non-hydrogen) atoms. The lowest BCUT2D eigenvalue weighted by atomic mass is 10.1. The second-order valence-electron chi connectivity index (χ2n) is 5.97. The van der Waals surface area contributed by atoms with Gasteiger partial charge < -0.3 is 14.5 Å². The summed E-state index contributed by atoms with van der Waals surface area (Å²) in [7, 11) is 0. The fraction of sp³-hybridized carbons (Fsp3) is 0.200. The van der Waals surface area contributed by atoms with E-state index in [0.29, 0.717) is 13.2 Å². The molecule has 1 aliphatic heterocycles. The van der Waals surface area contributed by atoms with Crippen molar-refractivity contribution >= 4 is 11.6 Å². The Labute approximate surface area is 146 Å². The maximum atomic E-state index is 5.93. The monoisotopic (exact) mass is 339 g/mol. The van der Waals surface area contributed by atoms with Gasteiger partial charge in [0.25, 0.3) is 0 Å². The zero-order valence-electron chi connectivity index (χ0n) is 13.2. The van der Waals surface area contributed by atoms with Gasteiger partial charge in [-0.05, 0) is 47.5 Å². The Morgan fingerprint density at radius 2 is 1.38 bits per heavy atom. The van der Waals surface area contributed by atoms with Crippen LogP contribution in [0.5, 0.6) is 11.5 Å². The minimum absolute atomic E-state index is 0.615. The van der Waals surface area contributed by atoms with Crippen molar-refractivity contribution in [3.8, 4) is 11.5 Å². The Kier molecular flexibility index (Phi) is 4.18. The molecule has 1 aromatic heterocycles. The number of aromatic amines is 1. The van der Waals surface area contributed by atoms with Crippen molar-refractivity contribution in [3.05, 3.63) is 82.1 Å². The lowest BCUT2D eigenvalue weighted by Crippen LogP contribution is -2.15. The van der Waals surface area contributed by atoms with E-state index in [0.717, 1.165) is 29.4 Å². The molecule has 0 spiro atoms. The number of ether oxygens (including phenoxy) is 2. The van der Waals surface area contributed by atoms with Crippen LogP contribution in [-0.4, -0.2) is 18.2 Å². The largest absolute Gasteiger partial charge is 0.486 e. The number of halogens is 1. The van der Waals surface area contributed by atoms with E-state index in [1.165, 1.54) is 22.5 Å². The summed E-state index contributed by atoms with van der Waals surface area (Å²) >= 11 is 5.93. The van der Waals surface area contributed by atoms with Crippen molar-refractivity contribution < 1.29 is 9.47 Å². The van der Waals surface area contributed by atoms with Gasteiger partial charge in [-0.1, -0.05) is 29.8 Å². The molecule has 0 amide bonds. The third-order valence-corrected chi connectivity index (χ3v) is 4.37. The first-order valence-corrected chi connectivity index (χ1v) is 8.44. The first-order chi connectivity index (χ1) is 11.8. The molecule has 2 heterocycles. The van der Waals surface area contributed by atoms with Crippen molar-refractivity contribution in [1.29, 1.82) is 0 Å². The van der Waals surface area contributed by atoms with Gasteiger partial charge in [0.15, 0.2) is 11.5 Å². The van der Waals surface area contributed by atoms with Crippen molar-refractivity contribution in [2.75, 3.05) is 13.2 Å². The fourth-order valence-electron chi connectivity index (χ4n) is 2.94. The van der Waals surface area contributed by atoms with Crippen LogP contribution in [-0.2, 0) is 12.8 Å². The van der Waals surface area contributed by atoms with E-state index in [-0.39, 0.29) is 0 Å². The Morgan fingerprint density at radius 3 is 2.12 bits per heavy atom. The summed E-state index contributed by atoms with van der Waals surface area (Å²) in [6, 6.07) is 18.4. The molecule has 2 aromatic carbocycles. The summed E-state index contributed by atoms with van der Waals surface area (Å²) in [6.45, 7) is 1.24. The SMILES string of the molecule is Clc1ccc(Cc2ccc(Cc3ccc4c(c3)OCCO4)[nH]2)cc1. The van der Waals surface area contributed by atoms with Gasteiger partial charge in [0, 0.05) is 29.3 Å². The molecule has 3 aromatic rings. The molecule has 0 saturated carbocycles. The normalized spacial score (nSPS) is 13.0.